The molecule has 4 rings (SSSR count). The van der Waals surface area contributed by atoms with Crippen LogP contribution in [0.15, 0.2) is 83.1 Å². The molecule has 1 aliphatic carbocycles. The maximum absolute atomic E-state index is 12.2. The first-order chi connectivity index (χ1) is 20.9. The van der Waals surface area contributed by atoms with Gasteiger partial charge in [0.05, 0.1) is 10.4 Å². The van der Waals surface area contributed by atoms with Crippen LogP contribution in [0.3, 0.4) is 0 Å². The first kappa shape index (κ1) is 32.2. The summed E-state index contributed by atoms with van der Waals surface area (Å²) < 4.78 is 0. The summed E-state index contributed by atoms with van der Waals surface area (Å²) in [5.41, 5.74) is 2.52. The molecule has 1 aromatic heterocycles. The third-order valence-electron chi connectivity index (χ3n) is 7.72. The van der Waals surface area contributed by atoms with Crippen molar-refractivity contribution in [1.82, 2.24) is 15.3 Å². The van der Waals surface area contributed by atoms with Crippen molar-refractivity contribution in [3.8, 4) is 0 Å². The van der Waals surface area contributed by atoms with Gasteiger partial charge in [0.25, 0.3) is 4.92 Å². The minimum Gasteiger partial charge on any atom is -0.362 e. The highest BCUT2D eigenvalue weighted by Gasteiger charge is 2.22. The molecule has 43 heavy (non-hydrogen) atoms. The summed E-state index contributed by atoms with van der Waals surface area (Å²) in [6, 6.07) is 13.9. The van der Waals surface area contributed by atoms with Crippen LogP contribution in [0, 0.1) is 16.7 Å². The molecule has 1 heterocycles. The predicted molar refractivity (Wildman–Crippen MR) is 180 cm³/mol. The number of rotatable bonds is 15. The summed E-state index contributed by atoms with van der Waals surface area (Å²) in [5.74, 6) is 2.87. The highest BCUT2D eigenvalue weighted by atomic mass is 32.2. The van der Waals surface area contributed by atoms with E-state index in [0.717, 1.165) is 51.6 Å². The third kappa shape index (κ3) is 9.15. The van der Waals surface area contributed by atoms with Crippen molar-refractivity contribution in [2.45, 2.75) is 50.5 Å². The SMILES string of the molecule is C=C/C=C(\C=C/CC)Sc1ccc([N+](=O)OC)cc1CNCC1CCC(CNc2nc(N(C)C)c3ccccc3n2)CC1. The van der Waals surface area contributed by atoms with Crippen molar-refractivity contribution in [3.05, 3.63) is 88.7 Å². The minimum atomic E-state index is 0.489. The lowest BCUT2D eigenvalue weighted by Gasteiger charge is -2.29. The second-order valence-electron chi connectivity index (χ2n) is 11.1. The van der Waals surface area contributed by atoms with Gasteiger partial charge in [-0.3, -0.25) is 0 Å². The summed E-state index contributed by atoms with van der Waals surface area (Å²) in [6.45, 7) is 8.50. The number of fused-ring (bicyclic) bond motifs is 1. The van der Waals surface area contributed by atoms with Crippen molar-refractivity contribution in [2.24, 2.45) is 11.8 Å². The monoisotopic (exact) mass is 601 g/mol. The Morgan fingerprint density at radius 2 is 1.86 bits per heavy atom. The van der Waals surface area contributed by atoms with Gasteiger partial charge >= 0.3 is 5.69 Å². The molecule has 2 aromatic carbocycles. The average Bonchev–Trinajstić information content (AvgIpc) is 3.03. The molecule has 8 nitrogen and oxygen atoms in total. The van der Waals surface area contributed by atoms with Gasteiger partial charge in [-0.05, 0) is 80.3 Å². The fourth-order valence-corrected chi connectivity index (χ4v) is 6.37. The fraction of sp³-hybridized carbons (Fsp3) is 0.412. The molecule has 0 amide bonds. The van der Waals surface area contributed by atoms with Crippen LogP contribution in [0.5, 0.6) is 0 Å². The van der Waals surface area contributed by atoms with Crippen LogP contribution in [-0.2, 0) is 11.4 Å². The zero-order valence-corrected chi connectivity index (χ0v) is 26.7. The normalized spacial score (nSPS) is 17.3. The van der Waals surface area contributed by atoms with E-state index in [1.54, 1.807) is 23.9 Å². The minimum absolute atomic E-state index is 0.489. The summed E-state index contributed by atoms with van der Waals surface area (Å²) in [7, 11) is 5.42. The molecule has 0 saturated heterocycles. The lowest BCUT2D eigenvalue weighted by molar-refractivity contribution is -0.736. The number of thioether (sulfide) groups is 1. The lowest BCUT2D eigenvalue weighted by Crippen LogP contribution is -2.28. The molecule has 228 valence electrons. The van der Waals surface area contributed by atoms with Gasteiger partial charge in [-0.1, -0.05) is 55.6 Å². The van der Waals surface area contributed by atoms with Gasteiger partial charge in [-0.2, -0.15) is 4.98 Å². The largest absolute Gasteiger partial charge is 0.362 e. The van der Waals surface area contributed by atoms with E-state index in [1.165, 1.54) is 32.8 Å². The standard InChI is InChI=1S/C34H45N6O2S/c1-6-8-12-29(11-7-2)43-32-20-19-28(40(41)42-5)21-27(32)24-35-22-25-15-17-26(18-16-25)23-36-34-37-31-14-10-9-13-30(31)33(38-34)39(3)4/h7-14,19-21,25-26,35H,2,6,15-18,22-24H2,1,3-5H3,(H,36,37,38)/q+1/b12-8-,29-11+. The smallest absolute Gasteiger partial charge is 0.317 e. The Bertz CT molecular complexity index is 1450. The van der Waals surface area contributed by atoms with E-state index in [9.17, 15) is 4.91 Å². The van der Waals surface area contributed by atoms with Gasteiger partial charge in [0.15, 0.2) is 7.11 Å². The Balaban J connectivity index is 1.31. The number of hydrogen-bond donors (Lipinski definition) is 2. The summed E-state index contributed by atoms with van der Waals surface area (Å²) in [6.07, 6.45) is 13.8. The molecule has 0 aliphatic heterocycles. The molecule has 0 radical (unpaired) electrons. The van der Waals surface area contributed by atoms with E-state index < -0.39 is 0 Å². The molecule has 0 unspecified atom stereocenters. The highest BCUT2D eigenvalue weighted by molar-refractivity contribution is 8.03. The van der Waals surface area contributed by atoms with E-state index >= 15 is 0 Å². The number of anilines is 2. The van der Waals surface area contributed by atoms with E-state index in [1.807, 2.05) is 55.4 Å². The van der Waals surface area contributed by atoms with E-state index in [2.05, 4.69) is 42.4 Å². The van der Waals surface area contributed by atoms with Gasteiger partial charge in [-0.25, -0.2) is 9.82 Å². The van der Waals surface area contributed by atoms with Gasteiger partial charge in [0.1, 0.15) is 5.82 Å². The Labute approximate surface area is 260 Å². The molecule has 3 aromatic rings. The van der Waals surface area contributed by atoms with E-state index in [-0.39, 0.29) is 0 Å². The molecule has 1 fully saturated rings. The number of nitrogens with one attached hydrogen (secondary N) is 2. The molecule has 9 heteroatoms. The van der Waals surface area contributed by atoms with Crippen molar-refractivity contribution in [1.29, 1.82) is 0 Å². The number of nitrogens with zero attached hydrogens (tertiary/aromatic N) is 4. The van der Waals surface area contributed by atoms with Gasteiger partial charge in [-0.15, -0.1) is 0 Å². The van der Waals surface area contributed by atoms with Crippen LogP contribution in [-0.4, -0.2) is 49.2 Å². The van der Waals surface area contributed by atoms with Gasteiger partial charge in [0, 0.05) is 54.5 Å². The second kappa shape index (κ2) is 16.2. The average molecular weight is 602 g/mol. The first-order valence-corrected chi connectivity index (χ1v) is 15.9. The first-order valence-electron chi connectivity index (χ1n) is 15.1. The maximum atomic E-state index is 12.2. The summed E-state index contributed by atoms with van der Waals surface area (Å²) in [4.78, 5) is 31.4. The van der Waals surface area contributed by atoms with Crippen LogP contribution in [0.2, 0.25) is 0 Å². The van der Waals surface area contributed by atoms with Crippen molar-refractivity contribution in [3.63, 3.8) is 0 Å². The molecular weight excluding hydrogens is 556 g/mol. The zero-order valence-electron chi connectivity index (χ0n) is 25.9. The van der Waals surface area contributed by atoms with Crippen LogP contribution in [0.25, 0.3) is 10.9 Å². The van der Waals surface area contributed by atoms with Crippen LogP contribution in [0.4, 0.5) is 17.5 Å². The van der Waals surface area contributed by atoms with Crippen LogP contribution < -0.4 is 15.5 Å². The maximum Gasteiger partial charge on any atom is 0.317 e. The number of benzene rings is 2. The fourth-order valence-electron chi connectivity index (χ4n) is 5.39. The Hall–Kier alpha value is -3.69. The van der Waals surface area contributed by atoms with Crippen LogP contribution >= 0.6 is 11.8 Å². The summed E-state index contributed by atoms with van der Waals surface area (Å²) >= 11 is 1.68. The van der Waals surface area contributed by atoms with Gasteiger partial charge < -0.3 is 15.5 Å². The number of para-hydroxylation sites is 1. The zero-order chi connectivity index (χ0) is 30.6. The van der Waals surface area contributed by atoms with Crippen molar-refractivity contribution >= 4 is 40.1 Å². The van der Waals surface area contributed by atoms with Gasteiger partial charge in [0.2, 0.25) is 5.95 Å². The Morgan fingerprint density at radius 3 is 2.56 bits per heavy atom. The molecule has 0 atom stereocenters. The predicted octanol–water partition coefficient (Wildman–Crippen LogP) is 7.80. The topological polar surface area (TPSA) is 82.4 Å². The van der Waals surface area contributed by atoms with E-state index in [0.29, 0.717) is 34.9 Å². The van der Waals surface area contributed by atoms with E-state index in [4.69, 9.17) is 14.8 Å². The number of aromatic nitrogens is 2. The second-order valence-corrected chi connectivity index (χ2v) is 12.2. The van der Waals surface area contributed by atoms with Crippen molar-refractivity contribution in [2.75, 3.05) is 44.5 Å². The van der Waals surface area contributed by atoms with Crippen LogP contribution in [0.1, 0.15) is 44.6 Å². The molecule has 0 bridgehead atoms. The molecular formula is C34H45N6O2S+. The lowest BCUT2D eigenvalue weighted by atomic mass is 9.82. The number of allylic oxidation sites excluding steroid dienone is 4. The molecule has 2 N–H and O–H groups in total. The molecule has 0 spiro atoms. The Kier molecular flexibility index (Phi) is 12.2. The quantitative estimate of drug-likeness (QED) is 0.104. The summed E-state index contributed by atoms with van der Waals surface area (Å²) in [5, 5.41) is 8.26. The molecule has 1 aliphatic rings. The highest BCUT2D eigenvalue weighted by Crippen LogP contribution is 2.34. The Morgan fingerprint density at radius 1 is 1.12 bits per heavy atom. The van der Waals surface area contributed by atoms with Crippen molar-refractivity contribution < 1.29 is 9.76 Å². The number of hydrogen-bond acceptors (Lipinski definition) is 8. The molecule has 1 saturated carbocycles. The third-order valence-corrected chi connectivity index (χ3v) is 8.84.